The number of benzene rings is 3. The lowest BCUT2D eigenvalue weighted by Gasteiger charge is -2.19. The molecule has 1 heterocycles. The lowest BCUT2D eigenvalue weighted by molar-refractivity contribution is -0.117. The zero-order valence-corrected chi connectivity index (χ0v) is 20.4. The van der Waals surface area contributed by atoms with Crippen LogP contribution in [0.25, 0.3) is 11.1 Å². The molecule has 9 nitrogen and oxygen atoms in total. The number of anilines is 1. The van der Waals surface area contributed by atoms with Crippen molar-refractivity contribution >= 4 is 44.3 Å². The number of fused-ring (bicyclic) bond motifs is 1. The molecule has 1 unspecified atom stereocenters. The summed E-state index contributed by atoms with van der Waals surface area (Å²) >= 11 is 6.15. The van der Waals surface area contributed by atoms with Gasteiger partial charge in [0.2, 0.25) is 15.9 Å². The molecule has 2 N–H and O–H groups in total. The van der Waals surface area contributed by atoms with Crippen LogP contribution < -0.4 is 20.5 Å². The van der Waals surface area contributed by atoms with Gasteiger partial charge in [-0.15, -0.1) is 0 Å². The van der Waals surface area contributed by atoms with Gasteiger partial charge in [-0.3, -0.25) is 9.36 Å². The summed E-state index contributed by atoms with van der Waals surface area (Å²) < 4.78 is 40.4. The Kier molecular flexibility index (Phi) is 6.97. The van der Waals surface area contributed by atoms with E-state index in [1.54, 1.807) is 36.4 Å². The minimum atomic E-state index is -4.16. The number of amides is 1. The van der Waals surface area contributed by atoms with Crippen molar-refractivity contribution < 1.29 is 22.4 Å². The van der Waals surface area contributed by atoms with Crippen molar-refractivity contribution in [1.82, 2.24) is 9.29 Å². The van der Waals surface area contributed by atoms with Crippen LogP contribution in [-0.2, 0) is 28.3 Å². The third kappa shape index (κ3) is 5.40. The molecule has 0 aliphatic rings. The van der Waals surface area contributed by atoms with E-state index >= 15 is 0 Å². The lowest BCUT2D eigenvalue weighted by Crippen LogP contribution is -2.45. The lowest BCUT2D eigenvalue weighted by atomic mass is 10.1. The summed E-state index contributed by atoms with van der Waals surface area (Å²) in [5.41, 5.74) is 1.71. The number of halogens is 1. The molecule has 0 aliphatic heterocycles. The van der Waals surface area contributed by atoms with Crippen molar-refractivity contribution in [2.75, 3.05) is 12.4 Å². The monoisotopic (exact) mass is 515 g/mol. The minimum absolute atomic E-state index is 0.0957. The van der Waals surface area contributed by atoms with E-state index in [0.717, 1.165) is 5.56 Å². The molecular weight excluding hydrogens is 494 g/mol. The topological polar surface area (TPSA) is 120 Å². The minimum Gasteiger partial charge on any atom is -0.495 e. The highest BCUT2D eigenvalue weighted by Gasteiger charge is 2.27. The maximum atomic E-state index is 13.2. The maximum absolute atomic E-state index is 13.2. The Morgan fingerprint density at radius 3 is 2.54 bits per heavy atom. The number of aryl methyl sites for hydroxylation is 1. The van der Waals surface area contributed by atoms with Gasteiger partial charge in [-0.25, -0.2) is 13.2 Å². The van der Waals surface area contributed by atoms with Gasteiger partial charge in [0.1, 0.15) is 11.8 Å². The van der Waals surface area contributed by atoms with Crippen LogP contribution in [0.1, 0.15) is 5.56 Å². The number of hydrogen-bond donors (Lipinski definition) is 2. The number of rotatable bonds is 8. The van der Waals surface area contributed by atoms with E-state index in [-0.39, 0.29) is 16.9 Å². The number of oxazole rings is 1. The first-order chi connectivity index (χ1) is 16.7. The van der Waals surface area contributed by atoms with E-state index in [0.29, 0.717) is 22.0 Å². The van der Waals surface area contributed by atoms with Gasteiger partial charge in [-0.1, -0.05) is 41.9 Å². The fraction of sp³-hybridized carbons (Fsp3) is 0.167. The second-order valence-corrected chi connectivity index (χ2v) is 9.88. The predicted octanol–water partition coefficient (Wildman–Crippen LogP) is 3.32. The first kappa shape index (κ1) is 24.5. The van der Waals surface area contributed by atoms with Gasteiger partial charge in [-0.05, 0) is 42.3 Å². The summed E-state index contributed by atoms with van der Waals surface area (Å²) in [7, 11) is -1.16. The first-order valence-corrected chi connectivity index (χ1v) is 12.3. The standard InChI is InChI=1S/C24H22ClN3O6S/c1-28-20-10-9-17(14-22(20)34-24(28)30)35(31,32)27-19(12-15-6-4-3-5-7-15)23(29)26-16-8-11-21(33-2)18(25)13-16/h3-11,13-14,19,27H,12H2,1-2H3,(H,26,29). The number of sulfonamides is 1. The molecule has 35 heavy (non-hydrogen) atoms. The molecule has 0 fully saturated rings. The second-order valence-electron chi connectivity index (χ2n) is 7.76. The molecule has 0 saturated carbocycles. The summed E-state index contributed by atoms with van der Waals surface area (Å²) in [6.07, 6.45) is 0.0957. The summed E-state index contributed by atoms with van der Waals surface area (Å²) in [5.74, 6) is -0.748. The predicted molar refractivity (Wildman–Crippen MR) is 132 cm³/mol. The molecule has 3 aromatic carbocycles. The Hall–Kier alpha value is -3.60. The van der Waals surface area contributed by atoms with Crippen LogP contribution in [0.15, 0.2) is 80.8 Å². The summed E-state index contributed by atoms with van der Waals surface area (Å²) in [6, 6.07) is 16.6. The number of ether oxygens (including phenoxy) is 1. The van der Waals surface area contributed by atoms with Crippen LogP contribution >= 0.6 is 11.6 Å². The van der Waals surface area contributed by atoms with E-state index in [1.165, 1.54) is 43.0 Å². The molecule has 0 aliphatic carbocycles. The molecule has 1 aromatic heterocycles. The van der Waals surface area contributed by atoms with Crippen LogP contribution in [0.2, 0.25) is 5.02 Å². The highest BCUT2D eigenvalue weighted by Crippen LogP contribution is 2.27. The van der Waals surface area contributed by atoms with Gasteiger partial charge in [0.25, 0.3) is 0 Å². The molecule has 1 amide bonds. The van der Waals surface area contributed by atoms with E-state index in [9.17, 15) is 18.0 Å². The third-order valence-electron chi connectivity index (χ3n) is 5.39. The zero-order chi connectivity index (χ0) is 25.2. The van der Waals surface area contributed by atoms with Crippen LogP contribution in [-0.4, -0.2) is 32.0 Å². The molecule has 1 atom stereocenters. The van der Waals surface area contributed by atoms with E-state index in [4.69, 9.17) is 20.8 Å². The molecule has 0 radical (unpaired) electrons. The van der Waals surface area contributed by atoms with Gasteiger partial charge < -0.3 is 14.5 Å². The molecule has 11 heteroatoms. The van der Waals surface area contributed by atoms with Crippen molar-refractivity contribution in [3.05, 3.63) is 87.9 Å². The maximum Gasteiger partial charge on any atom is 0.419 e. The van der Waals surface area contributed by atoms with E-state index in [1.807, 2.05) is 6.07 Å². The highest BCUT2D eigenvalue weighted by molar-refractivity contribution is 7.89. The fourth-order valence-electron chi connectivity index (χ4n) is 3.55. The van der Waals surface area contributed by atoms with Gasteiger partial charge in [0, 0.05) is 18.8 Å². The number of hydrogen-bond acceptors (Lipinski definition) is 6. The van der Waals surface area contributed by atoms with E-state index in [2.05, 4.69) is 10.0 Å². The Morgan fingerprint density at radius 1 is 1.11 bits per heavy atom. The first-order valence-electron chi connectivity index (χ1n) is 10.5. The fourth-order valence-corrected chi connectivity index (χ4v) is 5.02. The van der Waals surface area contributed by atoms with Gasteiger partial charge in [-0.2, -0.15) is 4.72 Å². The Labute approximate surface area is 206 Å². The third-order valence-corrected chi connectivity index (χ3v) is 7.15. The smallest absolute Gasteiger partial charge is 0.419 e. The van der Waals surface area contributed by atoms with Crippen molar-refractivity contribution in [1.29, 1.82) is 0 Å². The molecule has 4 rings (SSSR count). The normalized spacial score (nSPS) is 12.4. The Balaban J connectivity index is 1.63. The molecule has 4 aromatic rings. The Bertz CT molecular complexity index is 1550. The summed E-state index contributed by atoms with van der Waals surface area (Å²) in [6.45, 7) is 0. The molecule has 0 bridgehead atoms. The van der Waals surface area contributed by atoms with Crippen molar-refractivity contribution in [3.63, 3.8) is 0 Å². The number of nitrogens with one attached hydrogen (secondary N) is 2. The molecule has 182 valence electrons. The summed E-state index contributed by atoms with van der Waals surface area (Å²) in [4.78, 5) is 24.8. The largest absolute Gasteiger partial charge is 0.495 e. The highest BCUT2D eigenvalue weighted by atomic mass is 35.5. The zero-order valence-electron chi connectivity index (χ0n) is 18.8. The van der Waals surface area contributed by atoms with Gasteiger partial charge in [0.15, 0.2) is 5.58 Å². The second kappa shape index (κ2) is 9.95. The molecule has 0 saturated heterocycles. The average molecular weight is 516 g/mol. The number of nitrogens with zero attached hydrogens (tertiary/aromatic N) is 1. The van der Waals surface area contributed by atoms with Crippen LogP contribution in [0.5, 0.6) is 5.75 Å². The van der Waals surface area contributed by atoms with Crippen molar-refractivity contribution in [2.24, 2.45) is 7.05 Å². The molecule has 0 spiro atoms. The van der Waals surface area contributed by atoms with E-state index < -0.39 is 27.7 Å². The quantitative estimate of drug-likeness (QED) is 0.371. The van der Waals surface area contributed by atoms with Crippen LogP contribution in [0.4, 0.5) is 5.69 Å². The number of methoxy groups -OCH3 is 1. The Morgan fingerprint density at radius 2 is 1.86 bits per heavy atom. The SMILES string of the molecule is COc1ccc(NC(=O)C(Cc2ccccc2)NS(=O)(=O)c2ccc3c(c2)oc(=O)n3C)cc1Cl. The van der Waals surface area contributed by atoms with Gasteiger partial charge >= 0.3 is 5.76 Å². The van der Waals surface area contributed by atoms with Crippen molar-refractivity contribution in [3.8, 4) is 5.75 Å². The average Bonchev–Trinajstić information content (AvgIpc) is 3.12. The number of carbonyl (C=O) groups excluding carboxylic acids is 1. The number of aromatic nitrogens is 1. The number of carbonyl (C=O) groups is 1. The van der Waals surface area contributed by atoms with Crippen molar-refractivity contribution in [2.45, 2.75) is 17.4 Å². The van der Waals surface area contributed by atoms with Crippen LogP contribution in [0, 0.1) is 0 Å². The van der Waals surface area contributed by atoms with Crippen LogP contribution in [0.3, 0.4) is 0 Å². The summed E-state index contributed by atoms with van der Waals surface area (Å²) in [5, 5.41) is 2.99. The molecular formula is C24H22ClN3O6S. The van der Waals surface area contributed by atoms with Gasteiger partial charge in [0.05, 0.1) is 22.5 Å².